The van der Waals surface area contributed by atoms with Crippen LogP contribution in [0.15, 0.2) is 18.2 Å². The lowest BCUT2D eigenvalue weighted by molar-refractivity contribution is 0.230. The average molecular weight is 360 g/mol. The highest BCUT2D eigenvalue weighted by Gasteiger charge is 2.41. The zero-order valence-electron chi connectivity index (χ0n) is 12.6. The molecule has 0 amide bonds. The molecule has 20 heavy (non-hydrogen) atoms. The summed E-state index contributed by atoms with van der Waals surface area (Å²) in [5.74, 6) is 1.54. The van der Waals surface area contributed by atoms with Crippen LogP contribution in [0.1, 0.15) is 56.3 Å². The highest BCUT2D eigenvalue weighted by molar-refractivity contribution is 9.09. The van der Waals surface area contributed by atoms with Crippen LogP contribution in [0.25, 0.3) is 0 Å². The van der Waals surface area contributed by atoms with E-state index in [1.54, 1.807) is 7.11 Å². The summed E-state index contributed by atoms with van der Waals surface area (Å²) in [5, 5.41) is 0.807. The molecule has 1 unspecified atom stereocenters. The molecule has 0 radical (unpaired) electrons. The van der Waals surface area contributed by atoms with Gasteiger partial charge in [0.2, 0.25) is 0 Å². The van der Waals surface area contributed by atoms with Gasteiger partial charge in [-0.2, -0.15) is 0 Å². The van der Waals surface area contributed by atoms with E-state index in [1.165, 1.54) is 37.7 Å². The molecule has 3 heteroatoms. The standard InChI is InChI=1S/C17H24BrClO/c1-12(2)11-17(8-4-5-9-17)16(18)14-7-6-13(20-3)10-15(14)19/h6-7,10,12,16H,4-5,8-9,11H2,1-3H3. The number of hydrogen-bond acceptors (Lipinski definition) is 1. The highest BCUT2D eigenvalue weighted by Crippen LogP contribution is 2.56. The van der Waals surface area contributed by atoms with Gasteiger partial charge in [-0.15, -0.1) is 0 Å². The van der Waals surface area contributed by atoms with Gasteiger partial charge in [-0.1, -0.05) is 60.3 Å². The first-order chi connectivity index (χ1) is 9.48. The van der Waals surface area contributed by atoms with Crippen LogP contribution in [0.5, 0.6) is 5.75 Å². The molecular weight excluding hydrogens is 336 g/mol. The number of alkyl halides is 1. The fraction of sp³-hybridized carbons (Fsp3) is 0.647. The van der Waals surface area contributed by atoms with E-state index >= 15 is 0 Å². The smallest absolute Gasteiger partial charge is 0.120 e. The molecule has 0 aliphatic heterocycles. The van der Waals surface area contributed by atoms with E-state index in [1.807, 2.05) is 12.1 Å². The molecule has 1 aliphatic carbocycles. The predicted molar refractivity (Wildman–Crippen MR) is 90.0 cm³/mol. The third-order valence-corrected chi connectivity index (χ3v) is 6.22. The van der Waals surface area contributed by atoms with Crippen LogP contribution >= 0.6 is 27.5 Å². The summed E-state index contributed by atoms with van der Waals surface area (Å²) in [6, 6.07) is 6.04. The van der Waals surface area contributed by atoms with Gasteiger partial charge >= 0.3 is 0 Å². The number of rotatable bonds is 5. The Balaban J connectivity index is 2.30. The lowest BCUT2D eigenvalue weighted by atomic mass is 9.74. The summed E-state index contributed by atoms with van der Waals surface area (Å²) in [6.45, 7) is 4.63. The van der Waals surface area contributed by atoms with Crippen molar-refractivity contribution in [3.63, 3.8) is 0 Å². The van der Waals surface area contributed by atoms with E-state index in [-0.39, 0.29) is 0 Å². The molecule has 0 N–H and O–H groups in total. The molecule has 1 aromatic rings. The third kappa shape index (κ3) is 3.33. The Morgan fingerprint density at radius 1 is 1.30 bits per heavy atom. The molecule has 1 fully saturated rings. The van der Waals surface area contributed by atoms with Crippen LogP contribution in [0.4, 0.5) is 0 Å². The first kappa shape index (κ1) is 16.2. The van der Waals surface area contributed by atoms with Crippen LogP contribution in [0, 0.1) is 11.3 Å². The van der Waals surface area contributed by atoms with E-state index in [4.69, 9.17) is 16.3 Å². The maximum absolute atomic E-state index is 6.47. The van der Waals surface area contributed by atoms with Gasteiger partial charge in [-0.05, 0) is 48.3 Å². The van der Waals surface area contributed by atoms with Crippen molar-refractivity contribution >= 4 is 27.5 Å². The monoisotopic (exact) mass is 358 g/mol. The molecule has 1 nitrogen and oxygen atoms in total. The van der Waals surface area contributed by atoms with Crippen molar-refractivity contribution < 1.29 is 4.74 Å². The topological polar surface area (TPSA) is 9.23 Å². The molecule has 1 saturated carbocycles. The fourth-order valence-electron chi connectivity index (χ4n) is 3.62. The van der Waals surface area contributed by atoms with Gasteiger partial charge in [0.15, 0.2) is 0 Å². The van der Waals surface area contributed by atoms with Crippen molar-refractivity contribution in [3.8, 4) is 5.75 Å². The SMILES string of the molecule is COc1ccc(C(Br)C2(CC(C)C)CCCC2)c(Cl)c1. The molecule has 0 spiro atoms. The third-order valence-electron chi connectivity index (χ3n) is 4.43. The molecule has 2 rings (SSSR count). The summed E-state index contributed by atoms with van der Waals surface area (Å²) in [5.41, 5.74) is 1.56. The number of methoxy groups -OCH3 is 1. The second-order valence-corrected chi connectivity index (χ2v) is 7.74. The zero-order chi connectivity index (χ0) is 14.8. The van der Waals surface area contributed by atoms with E-state index in [9.17, 15) is 0 Å². The minimum atomic E-state index is 0.332. The minimum absolute atomic E-state index is 0.332. The molecular formula is C17H24BrClO. The van der Waals surface area contributed by atoms with Crippen molar-refractivity contribution in [3.05, 3.63) is 28.8 Å². The van der Waals surface area contributed by atoms with E-state index in [0.29, 0.717) is 16.2 Å². The van der Waals surface area contributed by atoms with Gasteiger partial charge in [-0.3, -0.25) is 0 Å². The molecule has 1 aromatic carbocycles. The summed E-state index contributed by atoms with van der Waals surface area (Å²) in [4.78, 5) is 0.332. The molecule has 1 atom stereocenters. The van der Waals surface area contributed by atoms with Crippen molar-refractivity contribution in [2.45, 2.75) is 50.8 Å². The van der Waals surface area contributed by atoms with Gasteiger partial charge in [0.25, 0.3) is 0 Å². The Labute approximate surface area is 136 Å². The largest absolute Gasteiger partial charge is 0.497 e. The predicted octanol–water partition coefficient (Wildman–Crippen LogP) is 6.39. The van der Waals surface area contributed by atoms with Crippen molar-refractivity contribution in [2.24, 2.45) is 11.3 Å². The summed E-state index contributed by atoms with van der Waals surface area (Å²) < 4.78 is 5.25. The molecule has 0 aromatic heterocycles. The van der Waals surface area contributed by atoms with Crippen molar-refractivity contribution in [1.29, 1.82) is 0 Å². The van der Waals surface area contributed by atoms with E-state index in [2.05, 4.69) is 35.8 Å². The van der Waals surface area contributed by atoms with Crippen LogP contribution in [-0.4, -0.2) is 7.11 Å². The van der Waals surface area contributed by atoms with Crippen LogP contribution in [0.2, 0.25) is 5.02 Å². The Morgan fingerprint density at radius 2 is 1.95 bits per heavy atom. The quantitative estimate of drug-likeness (QED) is 0.553. The Morgan fingerprint density at radius 3 is 2.45 bits per heavy atom. The normalized spacial score (nSPS) is 19.3. The molecule has 0 bridgehead atoms. The van der Waals surface area contributed by atoms with E-state index < -0.39 is 0 Å². The number of ether oxygens (including phenoxy) is 1. The molecule has 0 heterocycles. The van der Waals surface area contributed by atoms with Gasteiger partial charge in [0, 0.05) is 9.85 Å². The first-order valence-electron chi connectivity index (χ1n) is 7.46. The van der Waals surface area contributed by atoms with E-state index in [0.717, 1.165) is 10.8 Å². The van der Waals surface area contributed by atoms with Gasteiger partial charge in [-0.25, -0.2) is 0 Å². The van der Waals surface area contributed by atoms with Gasteiger partial charge in [0.1, 0.15) is 5.75 Å². The Hall–Kier alpha value is -0.210. The maximum Gasteiger partial charge on any atom is 0.120 e. The summed E-state index contributed by atoms with van der Waals surface area (Å²) in [6.07, 6.45) is 6.52. The number of benzene rings is 1. The van der Waals surface area contributed by atoms with Crippen LogP contribution in [0.3, 0.4) is 0 Å². The number of halogens is 2. The molecule has 1 aliphatic rings. The fourth-order valence-corrected chi connectivity index (χ4v) is 5.08. The Kier molecular flexibility index (Phi) is 5.42. The Bertz CT molecular complexity index is 452. The summed E-state index contributed by atoms with van der Waals surface area (Å²) in [7, 11) is 1.67. The average Bonchev–Trinajstić information content (AvgIpc) is 2.86. The number of hydrogen-bond donors (Lipinski definition) is 0. The van der Waals surface area contributed by atoms with Crippen molar-refractivity contribution in [2.75, 3.05) is 7.11 Å². The van der Waals surface area contributed by atoms with Gasteiger partial charge < -0.3 is 4.74 Å². The second kappa shape index (κ2) is 6.70. The van der Waals surface area contributed by atoms with Crippen LogP contribution < -0.4 is 4.74 Å². The second-order valence-electron chi connectivity index (χ2n) is 6.42. The molecule has 0 saturated heterocycles. The maximum atomic E-state index is 6.47. The zero-order valence-corrected chi connectivity index (χ0v) is 14.9. The van der Waals surface area contributed by atoms with Gasteiger partial charge in [0.05, 0.1) is 7.11 Å². The lowest BCUT2D eigenvalue weighted by Crippen LogP contribution is -2.24. The first-order valence-corrected chi connectivity index (χ1v) is 8.75. The summed E-state index contributed by atoms with van der Waals surface area (Å²) >= 11 is 10.4. The molecule has 112 valence electrons. The minimum Gasteiger partial charge on any atom is -0.497 e. The van der Waals surface area contributed by atoms with Crippen LogP contribution in [-0.2, 0) is 0 Å². The van der Waals surface area contributed by atoms with Crippen molar-refractivity contribution in [1.82, 2.24) is 0 Å². The lowest BCUT2D eigenvalue weighted by Gasteiger charge is -2.36. The highest BCUT2D eigenvalue weighted by atomic mass is 79.9.